The van der Waals surface area contributed by atoms with Crippen LogP contribution >= 0.6 is 0 Å². The van der Waals surface area contributed by atoms with Crippen LogP contribution in [0.3, 0.4) is 0 Å². The zero-order valence-electron chi connectivity index (χ0n) is 18.5. The maximum Gasteiger partial charge on any atom is 0.242 e. The number of nitrogens with one attached hydrogen (secondary N) is 2. The van der Waals surface area contributed by atoms with Crippen LogP contribution in [0.4, 0.5) is 0 Å². The van der Waals surface area contributed by atoms with Gasteiger partial charge in [-0.1, -0.05) is 30.3 Å². The highest BCUT2D eigenvalue weighted by Gasteiger charge is 2.16. The number of aromatic nitrogens is 2. The first-order valence-corrected chi connectivity index (χ1v) is 10.1. The first-order chi connectivity index (χ1) is 13.8. The van der Waals surface area contributed by atoms with Crippen molar-refractivity contribution in [3.05, 3.63) is 52.8 Å². The van der Waals surface area contributed by atoms with Gasteiger partial charge in [-0.05, 0) is 45.2 Å². The van der Waals surface area contributed by atoms with E-state index < -0.39 is 0 Å². The monoisotopic (exact) mass is 398 g/mol. The molecule has 0 aliphatic carbocycles. The van der Waals surface area contributed by atoms with Gasteiger partial charge in [-0.2, -0.15) is 5.10 Å². The van der Waals surface area contributed by atoms with Gasteiger partial charge in [0.25, 0.3) is 0 Å². The molecule has 1 unspecified atom stereocenters. The number of likely N-dealkylation sites (N-methyl/N-ethyl adjacent to an activating group) is 1. The van der Waals surface area contributed by atoms with E-state index in [1.807, 2.05) is 60.8 Å². The standard InChI is InChI=1S/C22H34N6O/c1-7-28(15-19-11-9-8-10-12-19)21(29)14-24-22(23-5)25-16(2)13-20-17(3)26-27(6)18(20)4/h8-12,16H,7,13-15H2,1-6H3,(H2,23,24,25). The number of carbonyl (C=O) groups excluding carboxylic acids is 1. The Morgan fingerprint density at radius 1 is 1.28 bits per heavy atom. The number of aryl methyl sites for hydroxylation is 2. The second-order valence-corrected chi connectivity index (χ2v) is 7.34. The van der Waals surface area contributed by atoms with Gasteiger partial charge in [0.05, 0.1) is 12.2 Å². The van der Waals surface area contributed by atoms with Crippen molar-refractivity contribution in [3.63, 3.8) is 0 Å². The first kappa shape index (κ1) is 22.5. The predicted molar refractivity (Wildman–Crippen MR) is 118 cm³/mol. The van der Waals surface area contributed by atoms with E-state index in [1.165, 1.54) is 11.3 Å². The zero-order valence-corrected chi connectivity index (χ0v) is 18.5. The average molecular weight is 399 g/mol. The van der Waals surface area contributed by atoms with E-state index in [9.17, 15) is 4.79 Å². The lowest BCUT2D eigenvalue weighted by molar-refractivity contribution is -0.130. The van der Waals surface area contributed by atoms with E-state index in [-0.39, 0.29) is 18.5 Å². The van der Waals surface area contributed by atoms with Gasteiger partial charge in [-0.15, -0.1) is 0 Å². The summed E-state index contributed by atoms with van der Waals surface area (Å²) in [6.45, 7) is 9.70. The molecule has 158 valence electrons. The van der Waals surface area contributed by atoms with Crippen LogP contribution in [0.15, 0.2) is 35.3 Å². The molecule has 0 spiro atoms. The summed E-state index contributed by atoms with van der Waals surface area (Å²) in [7, 11) is 3.68. The molecule has 1 aromatic carbocycles. The third-order valence-corrected chi connectivity index (χ3v) is 5.13. The number of guanidine groups is 1. The Morgan fingerprint density at radius 3 is 2.52 bits per heavy atom. The van der Waals surface area contributed by atoms with Crippen molar-refractivity contribution in [2.24, 2.45) is 12.0 Å². The predicted octanol–water partition coefficient (Wildman–Crippen LogP) is 2.18. The Bertz CT molecular complexity index is 827. The third-order valence-electron chi connectivity index (χ3n) is 5.13. The molecule has 2 N–H and O–H groups in total. The molecule has 0 aliphatic heterocycles. The Kier molecular flexibility index (Phi) is 8.24. The SMILES string of the molecule is CCN(Cc1ccccc1)C(=O)CNC(=NC)NC(C)Cc1c(C)nn(C)c1C. The summed E-state index contributed by atoms with van der Waals surface area (Å²) in [5.41, 5.74) is 4.60. The number of aliphatic imine (C=N–C) groups is 1. The summed E-state index contributed by atoms with van der Waals surface area (Å²) in [5.74, 6) is 0.673. The van der Waals surface area contributed by atoms with Crippen molar-refractivity contribution in [2.75, 3.05) is 20.1 Å². The molecule has 0 bridgehead atoms. The normalized spacial score (nSPS) is 12.6. The van der Waals surface area contributed by atoms with Crippen molar-refractivity contribution in [1.82, 2.24) is 25.3 Å². The van der Waals surface area contributed by atoms with Crippen LogP contribution in [-0.4, -0.2) is 52.7 Å². The molecule has 0 saturated heterocycles. The number of nitrogens with zero attached hydrogens (tertiary/aromatic N) is 4. The van der Waals surface area contributed by atoms with E-state index >= 15 is 0 Å². The molecule has 0 aliphatic rings. The van der Waals surface area contributed by atoms with E-state index in [2.05, 4.69) is 34.6 Å². The fourth-order valence-electron chi connectivity index (χ4n) is 3.35. The summed E-state index contributed by atoms with van der Waals surface area (Å²) in [6.07, 6.45) is 0.843. The van der Waals surface area contributed by atoms with Crippen molar-refractivity contribution >= 4 is 11.9 Å². The number of amides is 1. The molecule has 1 amide bonds. The summed E-state index contributed by atoms with van der Waals surface area (Å²) < 4.78 is 1.91. The van der Waals surface area contributed by atoms with E-state index in [1.54, 1.807) is 7.05 Å². The van der Waals surface area contributed by atoms with Crippen molar-refractivity contribution in [3.8, 4) is 0 Å². The van der Waals surface area contributed by atoms with Gasteiger partial charge in [0.15, 0.2) is 5.96 Å². The molecule has 7 heteroatoms. The van der Waals surface area contributed by atoms with Gasteiger partial charge in [0.2, 0.25) is 5.91 Å². The lowest BCUT2D eigenvalue weighted by Gasteiger charge is -2.23. The van der Waals surface area contributed by atoms with Gasteiger partial charge in [-0.3, -0.25) is 14.5 Å². The van der Waals surface area contributed by atoms with Gasteiger partial charge in [-0.25, -0.2) is 0 Å². The second-order valence-electron chi connectivity index (χ2n) is 7.34. The summed E-state index contributed by atoms with van der Waals surface area (Å²) >= 11 is 0. The molecule has 0 saturated carbocycles. The third kappa shape index (κ3) is 6.34. The van der Waals surface area contributed by atoms with Gasteiger partial charge in [0.1, 0.15) is 0 Å². The number of rotatable bonds is 8. The molecule has 1 aromatic heterocycles. The lowest BCUT2D eigenvalue weighted by Crippen LogP contribution is -2.47. The molecule has 7 nitrogen and oxygen atoms in total. The van der Waals surface area contributed by atoms with E-state index in [0.717, 1.165) is 17.7 Å². The largest absolute Gasteiger partial charge is 0.354 e. The number of hydrogen-bond acceptors (Lipinski definition) is 3. The maximum atomic E-state index is 12.6. The topological polar surface area (TPSA) is 74.6 Å². The smallest absolute Gasteiger partial charge is 0.242 e. The van der Waals surface area contributed by atoms with Crippen LogP contribution in [0.25, 0.3) is 0 Å². The first-order valence-electron chi connectivity index (χ1n) is 10.1. The van der Waals surface area contributed by atoms with E-state index in [4.69, 9.17) is 0 Å². The number of hydrogen-bond donors (Lipinski definition) is 2. The molecule has 0 radical (unpaired) electrons. The molecule has 2 rings (SSSR count). The van der Waals surface area contributed by atoms with Gasteiger partial charge >= 0.3 is 0 Å². The van der Waals surface area contributed by atoms with Crippen LogP contribution < -0.4 is 10.6 Å². The number of benzene rings is 1. The molecular formula is C22H34N6O. The lowest BCUT2D eigenvalue weighted by atomic mass is 10.1. The van der Waals surface area contributed by atoms with Crippen LogP contribution in [0.5, 0.6) is 0 Å². The van der Waals surface area contributed by atoms with Crippen molar-refractivity contribution in [1.29, 1.82) is 0 Å². The molecule has 0 fully saturated rings. The van der Waals surface area contributed by atoms with Crippen LogP contribution in [0.1, 0.15) is 36.4 Å². The minimum atomic E-state index is 0.0471. The van der Waals surface area contributed by atoms with Crippen LogP contribution in [-0.2, 0) is 24.8 Å². The molecule has 1 atom stereocenters. The maximum absolute atomic E-state index is 12.6. The molecular weight excluding hydrogens is 364 g/mol. The highest BCUT2D eigenvalue weighted by atomic mass is 16.2. The second kappa shape index (κ2) is 10.6. The number of carbonyl (C=O) groups is 1. The fourth-order valence-corrected chi connectivity index (χ4v) is 3.35. The average Bonchev–Trinajstić information content (AvgIpc) is 2.95. The summed E-state index contributed by atoms with van der Waals surface area (Å²) in [5, 5.41) is 11.0. The quantitative estimate of drug-likeness (QED) is 0.528. The van der Waals surface area contributed by atoms with Crippen molar-refractivity contribution < 1.29 is 4.79 Å². The minimum Gasteiger partial charge on any atom is -0.354 e. The summed E-state index contributed by atoms with van der Waals surface area (Å²) in [6, 6.07) is 10.2. The molecule has 29 heavy (non-hydrogen) atoms. The molecule has 1 heterocycles. The van der Waals surface area contributed by atoms with Gasteiger partial charge in [0, 0.05) is 38.9 Å². The van der Waals surface area contributed by atoms with E-state index in [0.29, 0.717) is 19.0 Å². The Labute approximate surface area is 174 Å². The Balaban J connectivity index is 1.87. The summed E-state index contributed by atoms with van der Waals surface area (Å²) in [4.78, 5) is 18.7. The fraction of sp³-hybridized carbons (Fsp3) is 0.500. The minimum absolute atomic E-state index is 0.0471. The van der Waals surface area contributed by atoms with Crippen LogP contribution in [0.2, 0.25) is 0 Å². The van der Waals surface area contributed by atoms with Crippen LogP contribution in [0, 0.1) is 13.8 Å². The molecule has 2 aromatic rings. The Hall–Kier alpha value is -2.83. The Morgan fingerprint density at radius 2 is 1.97 bits per heavy atom. The van der Waals surface area contributed by atoms with Gasteiger partial charge < -0.3 is 15.5 Å². The van der Waals surface area contributed by atoms with Crippen molar-refractivity contribution in [2.45, 2.75) is 46.7 Å². The highest BCUT2D eigenvalue weighted by molar-refractivity contribution is 5.86. The zero-order chi connectivity index (χ0) is 21.4. The highest BCUT2D eigenvalue weighted by Crippen LogP contribution is 2.14.